The third-order valence-electron chi connectivity index (χ3n) is 4.76. The van der Waals surface area contributed by atoms with Gasteiger partial charge in [-0.2, -0.15) is 5.10 Å². The molecule has 1 amide bonds. The zero-order valence-corrected chi connectivity index (χ0v) is 17.7. The van der Waals surface area contributed by atoms with Crippen molar-refractivity contribution in [3.05, 3.63) is 83.4 Å². The summed E-state index contributed by atoms with van der Waals surface area (Å²) in [7, 11) is 3.35. The van der Waals surface area contributed by atoms with E-state index in [0.29, 0.717) is 24.6 Å². The quantitative estimate of drug-likeness (QED) is 0.384. The molecule has 31 heavy (non-hydrogen) atoms. The Morgan fingerprint density at radius 1 is 1.06 bits per heavy atom. The minimum Gasteiger partial charge on any atom is -0.356 e. The maximum Gasteiger partial charge on any atom is 0.251 e. The Morgan fingerprint density at radius 3 is 2.52 bits per heavy atom. The van der Waals surface area contributed by atoms with Crippen LogP contribution in [0, 0.1) is 5.82 Å². The summed E-state index contributed by atoms with van der Waals surface area (Å²) in [6.07, 6.45) is 3.36. The van der Waals surface area contributed by atoms with E-state index in [0.717, 1.165) is 29.8 Å². The van der Waals surface area contributed by atoms with Crippen LogP contribution in [0.3, 0.4) is 0 Å². The van der Waals surface area contributed by atoms with Crippen molar-refractivity contribution < 1.29 is 9.18 Å². The average Bonchev–Trinajstić information content (AvgIpc) is 3.27. The largest absolute Gasteiger partial charge is 0.356 e. The Morgan fingerprint density at radius 2 is 1.81 bits per heavy atom. The number of carbonyl (C=O) groups is 1. The number of nitrogens with zero attached hydrogens (tertiary/aromatic N) is 3. The smallest absolute Gasteiger partial charge is 0.251 e. The van der Waals surface area contributed by atoms with Gasteiger partial charge in [0.25, 0.3) is 5.91 Å². The summed E-state index contributed by atoms with van der Waals surface area (Å²) in [6, 6.07) is 15.8. The van der Waals surface area contributed by atoms with Crippen LogP contribution >= 0.6 is 0 Å². The molecule has 8 heteroatoms. The van der Waals surface area contributed by atoms with Gasteiger partial charge in [-0.05, 0) is 54.4 Å². The van der Waals surface area contributed by atoms with Crippen LogP contribution in [0.15, 0.2) is 65.8 Å². The molecule has 0 aliphatic carbocycles. The molecule has 0 bridgehead atoms. The molecule has 0 radical (unpaired) electrons. The van der Waals surface area contributed by atoms with Crippen molar-refractivity contribution in [2.75, 3.05) is 27.2 Å². The molecular formula is C23H27FN6O. The van der Waals surface area contributed by atoms with Crippen LogP contribution < -0.4 is 16.0 Å². The highest BCUT2D eigenvalue weighted by Crippen LogP contribution is 2.09. The number of aliphatic imine (C=N–C) groups is 1. The van der Waals surface area contributed by atoms with Crippen molar-refractivity contribution in [1.29, 1.82) is 0 Å². The summed E-state index contributed by atoms with van der Waals surface area (Å²) in [5.41, 5.74) is 3.48. The Hall–Kier alpha value is -3.68. The number of aromatic nitrogens is 2. The SMILES string of the molecule is CN=C(NCCc1cccc(C(=O)NC)c1)NCCc1ccn(-c2ccc(F)cc2)n1. The van der Waals surface area contributed by atoms with Gasteiger partial charge in [-0.25, -0.2) is 9.07 Å². The molecule has 1 heterocycles. The van der Waals surface area contributed by atoms with Crippen LogP contribution in [0.5, 0.6) is 0 Å². The fourth-order valence-corrected chi connectivity index (χ4v) is 3.10. The normalized spacial score (nSPS) is 11.3. The maximum absolute atomic E-state index is 13.1. The van der Waals surface area contributed by atoms with Gasteiger partial charge in [0, 0.05) is 45.4 Å². The molecule has 0 saturated heterocycles. The monoisotopic (exact) mass is 422 g/mol. The first kappa shape index (κ1) is 22.0. The van der Waals surface area contributed by atoms with Crippen molar-refractivity contribution in [3.63, 3.8) is 0 Å². The van der Waals surface area contributed by atoms with Crippen LogP contribution in [-0.2, 0) is 12.8 Å². The first-order chi connectivity index (χ1) is 15.1. The second-order valence-corrected chi connectivity index (χ2v) is 6.93. The van der Waals surface area contributed by atoms with Gasteiger partial charge >= 0.3 is 0 Å². The van der Waals surface area contributed by atoms with Crippen LogP contribution in [0.25, 0.3) is 5.69 Å². The number of rotatable bonds is 8. The first-order valence-electron chi connectivity index (χ1n) is 10.1. The minimum atomic E-state index is -0.265. The molecule has 0 unspecified atom stereocenters. The number of nitrogens with one attached hydrogen (secondary N) is 3. The number of guanidine groups is 1. The molecule has 0 fully saturated rings. The zero-order valence-electron chi connectivity index (χ0n) is 17.7. The van der Waals surface area contributed by atoms with Crippen LogP contribution in [0.2, 0.25) is 0 Å². The topological polar surface area (TPSA) is 83.3 Å². The van der Waals surface area contributed by atoms with Crippen molar-refractivity contribution in [2.45, 2.75) is 12.8 Å². The predicted molar refractivity (Wildman–Crippen MR) is 120 cm³/mol. The lowest BCUT2D eigenvalue weighted by atomic mass is 10.1. The number of halogens is 1. The molecule has 0 saturated carbocycles. The second kappa shape index (κ2) is 10.9. The lowest BCUT2D eigenvalue weighted by molar-refractivity contribution is 0.0963. The maximum atomic E-state index is 13.1. The summed E-state index contributed by atoms with van der Waals surface area (Å²) >= 11 is 0. The fraction of sp³-hybridized carbons (Fsp3) is 0.261. The number of hydrogen-bond donors (Lipinski definition) is 3. The van der Waals surface area contributed by atoms with Crippen molar-refractivity contribution >= 4 is 11.9 Å². The molecule has 2 aromatic carbocycles. The molecule has 0 atom stereocenters. The first-order valence-corrected chi connectivity index (χ1v) is 10.1. The Bertz CT molecular complexity index is 1030. The highest BCUT2D eigenvalue weighted by molar-refractivity contribution is 5.94. The predicted octanol–water partition coefficient (Wildman–Crippen LogP) is 2.32. The summed E-state index contributed by atoms with van der Waals surface area (Å²) in [4.78, 5) is 16.0. The van der Waals surface area contributed by atoms with E-state index in [1.54, 1.807) is 37.0 Å². The molecule has 3 rings (SSSR count). The van der Waals surface area contributed by atoms with E-state index < -0.39 is 0 Å². The van der Waals surface area contributed by atoms with Gasteiger partial charge in [-0.3, -0.25) is 9.79 Å². The number of amides is 1. The van der Waals surface area contributed by atoms with E-state index in [2.05, 4.69) is 26.0 Å². The van der Waals surface area contributed by atoms with Gasteiger partial charge in [0.2, 0.25) is 0 Å². The lowest BCUT2D eigenvalue weighted by Crippen LogP contribution is -2.39. The van der Waals surface area contributed by atoms with Crippen LogP contribution in [0.1, 0.15) is 21.6 Å². The molecule has 0 aliphatic heterocycles. The minimum absolute atomic E-state index is 0.0887. The third-order valence-corrected chi connectivity index (χ3v) is 4.76. The van der Waals surface area contributed by atoms with E-state index >= 15 is 0 Å². The Labute approximate surface area is 181 Å². The molecule has 1 aromatic heterocycles. The van der Waals surface area contributed by atoms with Gasteiger partial charge < -0.3 is 16.0 Å². The summed E-state index contributed by atoms with van der Waals surface area (Å²) in [5.74, 6) is 0.355. The van der Waals surface area contributed by atoms with E-state index in [1.807, 2.05) is 30.5 Å². The van der Waals surface area contributed by atoms with E-state index in [-0.39, 0.29) is 11.7 Å². The summed E-state index contributed by atoms with van der Waals surface area (Å²) in [5, 5.41) is 13.7. The molecule has 3 N–H and O–H groups in total. The van der Waals surface area contributed by atoms with Crippen LogP contribution in [-0.4, -0.2) is 48.8 Å². The molecular weight excluding hydrogens is 395 g/mol. The molecule has 7 nitrogen and oxygen atoms in total. The zero-order chi connectivity index (χ0) is 22.1. The average molecular weight is 423 g/mol. The highest BCUT2D eigenvalue weighted by Gasteiger charge is 2.05. The summed E-state index contributed by atoms with van der Waals surface area (Å²) in [6.45, 7) is 1.36. The van der Waals surface area contributed by atoms with E-state index in [9.17, 15) is 9.18 Å². The highest BCUT2D eigenvalue weighted by atomic mass is 19.1. The second-order valence-electron chi connectivity index (χ2n) is 6.93. The van der Waals surface area contributed by atoms with Gasteiger partial charge in [0.05, 0.1) is 11.4 Å². The summed E-state index contributed by atoms with van der Waals surface area (Å²) < 4.78 is 14.8. The van der Waals surface area contributed by atoms with Crippen molar-refractivity contribution in [1.82, 2.24) is 25.7 Å². The fourth-order valence-electron chi connectivity index (χ4n) is 3.10. The van der Waals surface area contributed by atoms with Crippen molar-refractivity contribution in [2.24, 2.45) is 4.99 Å². The molecule has 3 aromatic rings. The molecule has 0 aliphatic rings. The van der Waals surface area contributed by atoms with Crippen molar-refractivity contribution in [3.8, 4) is 5.69 Å². The molecule has 0 spiro atoms. The van der Waals surface area contributed by atoms with Gasteiger partial charge in [-0.1, -0.05) is 12.1 Å². The standard InChI is InChI=1S/C23H27FN6O/c1-25-22(31)18-5-3-4-17(16-18)10-13-27-23(26-2)28-14-11-20-12-15-30(29-20)21-8-6-19(24)7-9-21/h3-9,12,15-16H,10-11,13-14H2,1-2H3,(H,25,31)(H2,26,27,28). The Balaban J connectivity index is 1.43. The van der Waals surface area contributed by atoms with Gasteiger partial charge in [-0.15, -0.1) is 0 Å². The lowest BCUT2D eigenvalue weighted by Gasteiger charge is -2.11. The Kier molecular flexibility index (Phi) is 7.75. The van der Waals surface area contributed by atoms with E-state index in [4.69, 9.17) is 0 Å². The van der Waals surface area contributed by atoms with Crippen LogP contribution in [0.4, 0.5) is 4.39 Å². The number of benzene rings is 2. The molecule has 162 valence electrons. The van der Waals surface area contributed by atoms with Gasteiger partial charge in [0.1, 0.15) is 5.82 Å². The third kappa shape index (κ3) is 6.40. The van der Waals surface area contributed by atoms with E-state index in [1.165, 1.54) is 12.1 Å². The number of hydrogen-bond acceptors (Lipinski definition) is 3. The van der Waals surface area contributed by atoms with Gasteiger partial charge in [0.15, 0.2) is 5.96 Å². The number of carbonyl (C=O) groups excluding carboxylic acids is 1.